The molecule has 5 N–H and O–H groups in total. The Hall–Kier alpha value is -3.15. The molecule has 0 saturated heterocycles. The summed E-state index contributed by atoms with van der Waals surface area (Å²) in [5.74, 6) is -0.426. The highest BCUT2D eigenvalue weighted by atomic mass is 32.2. The second-order valence-corrected chi connectivity index (χ2v) is 14.6. The molecular formula is C34H48N6O4S. The van der Waals surface area contributed by atoms with Crippen LogP contribution in [-0.4, -0.2) is 64.2 Å². The van der Waals surface area contributed by atoms with E-state index in [1.54, 1.807) is 24.9 Å². The molecule has 2 heterocycles. The highest BCUT2D eigenvalue weighted by molar-refractivity contribution is 7.85. The van der Waals surface area contributed by atoms with Crippen molar-refractivity contribution in [3.05, 3.63) is 72.3 Å². The number of carbonyl (C=O) groups excluding carboxylic acids is 2. The maximum Gasteiger partial charge on any atom is 0.244 e. The Balaban J connectivity index is 1.33. The lowest BCUT2D eigenvalue weighted by atomic mass is 9.83. The van der Waals surface area contributed by atoms with Gasteiger partial charge in [-0.25, -0.2) is 9.97 Å². The summed E-state index contributed by atoms with van der Waals surface area (Å²) in [6, 6.07) is 8.40. The average Bonchev–Trinajstić information content (AvgIpc) is 3.80. The molecular weight excluding hydrogens is 588 g/mol. The van der Waals surface area contributed by atoms with Gasteiger partial charge in [-0.05, 0) is 37.2 Å². The summed E-state index contributed by atoms with van der Waals surface area (Å²) in [5, 5.41) is 17.6. The third kappa shape index (κ3) is 9.92. The standard InChI is InChI=1S/C34H48N6O4S/c41-31(32-36-16-17-37-32)29(19-25-12-6-2-7-13-25)39-30(20-27-21-35-23-38-27)34(43)40-33(42)26(18-24-10-4-1-5-11-24)22-45(44)28-14-8-3-9-15-28/h1,4-5,10-11,16-17,21,23,25-26,28-31,39,41H,2-3,6-9,12-15,18-20,22H2,(H,35,38)(H,36,37)(H,40,42,43)/t26?,29-,30-,31+,45?/m0/s1. The Kier molecular flexibility index (Phi) is 12.5. The van der Waals surface area contributed by atoms with Gasteiger partial charge in [-0.1, -0.05) is 81.7 Å². The van der Waals surface area contributed by atoms with Crippen LogP contribution in [0.4, 0.5) is 0 Å². The number of nitrogens with one attached hydrogen (secondary N) is 4. The Morgan fingerprint density at radius 1 is 0.956 bits per heavy atom. The van der Waals surface area contributed by atoms with Crippen molar-refractivity contribution in [2.24, 2.45) is 11.8 Å². The molecule has 45 heavy (non-hydrogen) atoms. The second-order valence-electron chi connectivity index (χ2n) is 12.8. The minimum atomic E-state index is -1.16. The van der Waals surface area contributed by atoms with E-state index in [4.69, 9.17) is 0 Å². The SMILES string of the molecule is O=C(NC(=O)[C@H](Cc1cnc[nH]1)N[C@@H](CC1CCCCC1)[C@@H](O)c1ncc[nH]1)C(Cc1ccccc1)CS(=O)C1CCCCC1. The van der Waals surface area contributed by atoms with Gasteiger partial charge in [-0.3, -0.25) is 24.4 Å². The Morgan fingerprint density at radius 2 is 1.69 bits per heavy atom. The van der Waals surface area contributed by atoms with E-state index in [-0.39, 0.29) is 17.4 Å². The van der Waals surface area contributed by atoms with Crippen LogP contribution in [-0.2, 0) is 33.2 Å². The van der Waals surface area contributed by atoms with Crippen molar-refractivity contribution in [1.29, 1.82) is 0 Å². The van der Waals surface area contributed by atoms with Crippen LogP contribution in [0.1, 0.15) is 93.8 Å². The summed E-state index contributed by atoms with van der Waals surface area (Å²) >= 11 is 0. The van der Waals surface area contributed by atoms with Gasteiger partial charge in [0.1, 0.15) is 11.9 Å². The fourth-order valence-corrected chi connectivity index (χ4v) is 8.70. The van der Waals surface area contributed by atoms with Crippen molar-refractivity contribution < 1.29 is 18.9 Å². The van der Waals surface area contributed by atoms with Crippen molar-refractivity contribution in [3.63, 3.8) is 0 Å². The summed E-state index contributed by atoms with van der Waals surface area (Å²) in [5.41, 5.74) is 1.70. The molecule has 0 radical (unpaired) electrons. The average molecular weight is 637 g/mol. The predicted octanol–water partition coefficient (Wildman–Crippen LogP) is 4.29. The van der Waals surface area contributed by atoms with Crippen molar-refractivity contribution in [2.75, 3.05) is 5.75 Å². The van der Waals surface area contributed by atoms with Crippen LogP contribution in [0.3, 0.4) is 0 Å². The number of aromatic nitrogens is 4. The molecule has 244 valence electrons. The molecule has 1 aromatic carbocycles. The van der Waals surface area contributed by atoms with Crippen LogP contribution in [0.15, 0.2) is 55.2 Å². The van der Waals surface area contributed by atoms with Gasteiger partial charge in [-0.2, -0.15) is 0 Å². The third-order valence-corrected chi connectivity index (χ3v) is 11.4. The normalized spacial score (nSPS) is 19.8. The molecule has 0 spiro atoms. The molecule has 3 aromatic rings. The monoisotopic (exact) mass is 636 g/mol. The summed E-state index contributed by atoms with van der Waals surface area (Å²) in [7, 11) is -1.16. The predicted molar refractivity (Wildman–Crippen MR) is 174 cm³/mol. The van der Waals surface area contributed by atoms with E-state index >= 15 is 0 Å². The van der Waals surface area contributed by atoms with Gasteiger partial charge in [-0.15, -0.1) is 0 Å². The highest BCUT2D eigenvalue weighted by Gasteiger charge is 2.34. The van der Waals surface area contributed by atoms with Crippen LogP contribution < -0.4 is 10.6 Å². The Labute approximate surface area is 268 Å². The van der Waals surface area contributed by atoms with Gasteiger partial charge < -0.3 is 15.1 Å². The zero-order chi connectivity index (χ0) is 31.4. The number of H-pyrrole nitrogens is 2. The van der Waals surface area contributed by atoms with Gasteiger partial charge in [0.15, 0.2) is 0 Å². The fourth-order valence-electron chi connectivity index (χ4n) is 6.90. The fraction of sp³-hybridized carbons (Fsp3) is 0.588. The first-order valence-electron chi connectivity index (χ1n) is 16.6. The van der Waals surface area contributed by atoms with Crippen LogP contribution in [0.5, 0.6) is 0 Å². The van der Waals surface area contributed by atoms with Gasteiger partial charge >= 0.3 is 0 Å². The van der Waals surface area contributed by atoms with E-state index in [0.29, 0.717) is 24.6 Å². The summed E-state index contributed by atoms with van der Waals surface area (Å²) < 4.78 is 13.4. The highest BCUT2D eigenvalue weighted by Crippen LogP contribution is 2.31. The zero-order valence-corrected chi connectivity index (χ0v) is 26.9. The number of imidazole rings is 2. The van der Waals surface area contributed by atoms with Crippen molar-refractivity contribution in [1.82, 2.24) is 30.6 Å². The molecule has 2 aliphatic rings. The van der Waals surface area contributed by atoms with E-state index in [1.165, 1.54) is 6.42 Å². The zero-order valence-electron chi connectivity index (χ0n) is 26.0. The minimum Gasteiger partial charge on any atom is -0.384 e. The largest absolute Gasteiger partial charge is 0.384 e. The number of imide groups is 1. The number of benzene rings is 1. The number of rotatable bonds is 15. The summed E-state index contributed by atoms with van der Waals surface area (Å²) in [6.07, 6.45) is 17.7. The second kappa shape index (κ2) is 17.0. The number of aliphatic hydroxyl groups is 1. The van der Waals surface area contributed by atoms with Gasteiger partial charge in [0, 0.05) is 58.5 Å². The Bertz CT molecular complexity index is 1320. The maximum atomic E-state index is 14.0. The molecule has 5 rings (SSSR count). The van der Waals surface area contributed by atoms with Crippen molar-refractivity contribution in [3.8, 4) is 0 Å². The topological polar surface area (TPSA) is 153 Å². The molecule has 5 atom stereocenters. The first-order valence-corrected chi connectivity index (χ1v) is 18.0. The summed E-state index contributed by atoms with van der Waals surface area (Å²) in [6.45, 7) is 0. The molecule has 2 fully saturated rings. The van der Waals surface area contributed by atoms with Gasteiger partial charge in [0.25, 0.3) is 0 Å². The number of aliphatic hydroxyl groups excluding tert-OH is 1. The maximum absolute atomic E-state index is 14.0. The number of hydrogen-bond donors (Lipinski definition) is 5. The molecule has 2 aromatic heterocycles. The number of amides is 2. The smallest absolute Gasteiger partial charge is 0.244 e. The number of hydrogen-bond acceptors (Lipinski definition) is 7. The van der Waals surface area contributed by atoms with Crippen molar-refractivity contribution in [2.45, 2.75) is 107 Å². The quantitative estimate of drug-likeness (QED) is 0.167. The van der Waals surface area contributed by atoms with Crippen molar-refractivity contribution >= 4 is 22.6 Å². The van der Waals surface area contributed by atoms with E-state index < -0.39 is 46.7 Å². The molecule has 11 heteroatoms. The molecule has 2 unspecified atom stereocenters. The van der Waals surface area contributed by atoms with Gasteiger partial charge in [0.2, 0.25) is 11.8 Å². The van der Waals surface area contributed by atoms with E-state index in [0.717, 1.165) is 69.0 Å². The number of carbonyl (C=O) groups is 2. The summed E-state index contributed by atoms with van der Waals surface area (Å²) in [4.78, 5) is 42.3. The molecule has 0 bridgehead atoms. The van der Waals surface area contributed by atoms with E-state index in [1.807, 2.05) is 30.3 Å². The lowest BCUT2D eigenvalue weighted by Crippen LogP contribution is -2.54. The van der Waals surface area contributed by atoms with E-state index in [2.05, 4.69) is 30.6 Å². The number of nitrogens with zero attached hydrogens (tertiary/aromatic N) is 2. The molecule has 10 nitrogen and oxygen atoms in total. The lowest BCUT2D eigenvalue weighted by molar-refractivity contribution is -0.133. The third-order valence-electron chi connectivity index (χ3n) is 9.43. The van der Waals surface area contributed by atoms with Crippen LogP contribution >= 0.6 is 0 Å². The lowest BCUT2D eigenvalue weighted by Gasteiger charge is -2.32. The minimum absolute atomic E-state index is 0.0963. The molecule has 2 aliphatic carbocycles. The molecule has 2 saturated carbocycles. The van der Waals surface area contributed by atoms with Crippen LogP contribution in [0.25, 0.3) is 0 Å². The van der Waals surface area contributed by atoms with Crippen LogP contribution in [0.2, 0.25) is 0 Å². The number of aromatic amines is 2. The molecule has 2 amide bonds. The first-order chi connectivity index (χ1) is 22.0. The van der Waals surface area contributed by atoms with E-state index in [9.17, 15) is 18.9 Å². The molecule has 0 aliphatic heterocycles. The first kappa shape index (κ1) is 33.2. The Morgan fingerprint density at radius 3 is 2.36 bits per heavy atom. The van der Waals surface area contributed by atoms with Gasteiger partial charge in [0.05, 0.1) is 18.3 Å². The van der Waals surface area contributed by atoms with Crippen LogP contribution in [0, 0.1) is 11.8 Å².